The molecule has 0 radical (unpaired) electrons. The predicted molar refractivity (Wildman–Crippen MR) is 73.8 cm³/mol. The van der Waals surface area contributed by atoms with Crippen LogP contribution in [0.3, 0.4) is 0 Å². The summed E-state index contributed by atoms with van der Waals surface area (Å²) in [5.74, 6) is -0.254. The van der Waals surface area contributed by atoms with Crippen LogP contribution in [0, 0.1) is 5.82 Å². The van der Waals surface area contributed by atoms with Gasteiger partial charge in [-0.25, -0.2) is 4.39 Å². The first kappa shape index (κ1) is 13.3. The maximum atomic E-state index is 12.9. The van der Waals surface area contributed by atoms with Crippen molar-refractivity contribution in [2.75, 3.05) is 7.05 Å². The molecule has 0 saturated carbocycles. The summed E-state index contributed by atoms with van der Waals surface area (Å²) in [6, 6.07) is 11.6. The molecule has 0 aliphatic carbocycles. The van der Waals surface area contributed by atoms with E-state index >= 15 is 0 Å². The third-order valence-electron chi connectivity index (χ3n) is 2.77. The second-order valence-electron chi connectivity index (χ2n) is 3.94. The quantitative estimate of drug-likeness (QED) is 0.878. The van der Waals surface area contributed by atoms with Crippen molar-refractivity contribution < 1.29 is 4.39 Å². The Hall–Kier alpha value is -1.09. The zero-order valence-electron chi connectivity index (χ0n) is 9.75. The summed E-state index contributed by atoms with van der Waals surface area (Å²) in [4.78, 5) is 0. The molecule has 0 amide bonds. The number of hydrogen-bond acceptors (Lipinski definition) is 1. The van der Waals surface area contributed by atoms with Crippen LogP contribution in [0.2, 0.25) is 10.0 Å². The van der Waals surface area contributed by atoms with E-state index in [9.17, 15) is 4.39 Å². The average molecular weight is 284 g/mol. The van der Waals surface area contributed by atoms with Crippen LogP contribution in [0.1, 0.15) is 17.2 Å². The molecule has 0 aliphatic rings. The highest BCUT2D eigenvalue weighted by atomic mass is 35.5. The third-order valence-corrected chi connectivity index (χ3v) is 3.33. The number of benzene rings is 2. The highest BCUT2D eigenvalue weighted by molar-refractivity contribution is 6.35. The van der Waals surface area contributed by atoms with Crippen LogP contribution < -0.4 is 5.32 Å². The largest absolute Gasteiger partial charge is 0.309 e. The van der Waals surface area contributed by atoms with Crippen molar-refractivity contribution in [3.63, 3.8) is 0 Å². The monoisotopic (exact) mass is 283 g/mol. The topological polar surface area (TPSA) is 12.0 Å². The van der Waals surface area contributed by atoms with Gasteiger partial charge in [0.25, 0.3) is 0 Å². The molecular formula is C14H12Cl2FN. The van der Waals surface area contributed by atoms with Gasteiger partial charge >= 0.3 is 0 Å². The van der Waals surface area contributed by atoms with Crippen LogP contribution in [0.4, 0.5) is 4.39 Å². The SMILES string of the molecule is CNC(c1ccc(F)cc1)c1ccc(Cl)cc1Cl. The molecule has 18 heavy (non-hydrogen) atoms. The van der Waals surface area contributed by atoms with Gasteiger partial charge in [0.2, 0.25) is 0 Å². The van der Waals surface area contributed by atoms with Gasteiger partial charge in [-0.3, -0.25) is 0 Å². The minimum atomic E-state index is -0.254. The Morgan fingerprint density at radius 2 is 1.72 bits per heavy atom. The zero-order chi connectivity index (χ0) is 13.1. The van der Waals surface area contributed by atoms with Crippen molar-refractivity contribution in [1.29, 1.82) is 0 Å². The molecule has 4 heteroatoms. The van der Waals surface area contributed by atoms with Crippen LogP contribution >= 0.6 is 23.2 Å². The molecular weight excluding hydrogens is 272 g/mol. The van der Waals surface area contributed by atoms with Crippen LogP contribution in [0.5, 0.6) is 0 Å². The molecule has 0 spiro atoms. The summed E-state index contributed by atoms with van der Waals surface area (Å²) < 4.78 is 12.9. The molecule has 94 valence electrons. The molecule has 1 unspecified atom stereocenters. The number of nitrogens with one attached hydrogen (secondary N) is 1. The maximum absolute atomic E-state index is 12.9. The van der Waals surface area contributed by atoms with Crippen molar-refractivity contribution in [3.05, 3.63) is 69.5 Å². The van der Waals surface area contributed by atoms with Gasteiger partial charge in [-0.05, 0) is 42.4 Å². The molecule has 1 N–H and O–H groups in total. The Balaban J connectivity index is 2.41. The number of halogens is 3. The lowest BCUT2D eigenvalue weighted by molar-refractivity contribution is 0.623. The van der Waals surface area contributed by atoms with E-state index in [-0.39, 0.29) is 11.9 Å². The fourth-order valence-corrected chi connectivity index (χ4v) is 2.41. The van der Waals surface area contributed by atoms with Crippen molar-refractivity contribution in [1.82, 2.24) is 5.32 Å². The first-order chi connectivity index (χ1) is 8.61. The van der Waals surface area contributed by atoms with Crippen LogP contribution in [-0.4, -0.2) is 7.05 Å². The second kappa shape index (κ2) is 5.70. The fraction of sp³-hybridized carbons (Fsp3) is 0.143. The Labute approximate surface area is 116 Å². The molecule has 0 bridgehead atoms. The minimum absolute atomic E-state index is 0.0876. The van der Waals surface area contributed by atoms with E-state index in [1.807, 2.05) is 13.1 Å². The highest BCUT2D eigenvalue weighted by Crippen LogP contribution is 2.30. The van der Waals surface area contributed by atoms with Gasteiger partial charge < -0.3 is 5.32 Å². The summed E-state index contributed by atoms with van der Waals surface area (Å²) in [5, 5.41) is 4.35. The van der Waals surface area contributed by atoms with Gasteiger partial charge in [0.05, 0.1) is 6.04 Å². The molecule has 0 heterocycles. The van der Waals surface area contributed by atoms with E-state index in [1.54, 1.807) is 24.3 Å². The summed E-state index contributed by atoms with van der Waals surface area (Å²) in [6.07, 6.45) is 0. The van der Waals surface area contributed by atoms with E-state index in [4.69, 9.17) is 23.2 Å². The molecule has 0 aromatic heterocycles. The Bertz CT molecular complexity index is 540. The smallest absolute Gasteiger partial charge is 0.123 e. The van der Waals surface area contributed by atoms with Crippen molar-refractivity contribution in [2.45, 2.75) is 6.04 Å². The van der Waals surface area contributed by atoms with Gasteiger partial charge in [0.15, 0.2) is 0 Å². The molecule has 0 fully saturated rings. The summed E-state index contributed by atoms with van der Waals surface area (Å²) in [6.45, 7) is 0. The molecule has 1 atom stereocenters. The highest BCUT2D eigenvalue weighted by Gasteiger charge is 2.15. The number of hydrogen-bond donors (Lipinski definition) is 1. The fourth-order valence-electron chi connectivity index (χ4n) is 1.89. The normalized spacial score (nSPS) is 12.4. The van der Waals surface area contributed by atoms with Gasteiger partial charge in [-0.2, -0.15) is 0 Å². The maximum Gasteiger partial charge on any atom is 0.123 e. The zero-order valence-corrected chi connectivity index (χ0v) is 11.3. The van der Waals surface area contributed by atoms with Crippen LogP contribution in [-0.2, 0) is 0 Å². The lowest BCUT2D eigenvalue weighted by Crippen LogP contribution is -2.18. The molecule has 2 rings (SSSR count). The van der Waals surface area contributed by atoms with Gasteiger partial charge in [-0.1, -0.05) is 41.4 Å². The predicted octanol–water partition coefficient (Wildman–Crippen LogP) is 4.44. The minimum Gasteiger partial charge on any atom is -0.309 e. The lowest BCUT2D eigenvalue weighted by Gasteiger charge is -2.18. The summed E-state index contributed by atoms with van der Waals surface area (Å²) in [7, 11) is 1.83. The van der Waals surface area contributed by atoms with Gasteiger partial charge in [-0.15, -0.1) is 0 Å². The first-order valence-electron chi connectivity index (χ1n) is 5.49. The summed E-state index contributed by atoms with van der Waals surface area (Å²) >= 11 is 12.1. The molecule has 2 aromatic carbocycles. The molecule has 2 aromatic rings. The van der Waals surface area contributed by atoms with Crippen LogP contribution in [0.15, 0.2) is 42.5 Å². The Morgan fingerprint density at radius 1 is 1.06 bits per heavy atom. The number of rotatable bonds is 3. The van der Waals surface area contributed by atoms with Crippen molar-refractivity contribution >= 4 is 23.2 Å². The standard InChI is InChI=1S/C14H12Cl2FN/c1-18-14(9-2-5-11(17)6-3-9)12-7-4-10(15)8-13(12)16/h2-8,14,18H,1H3. The van der Waals surface area contributed by atoms with E-state index < -0.39 is 0 Å². The first-order valence-corrected chi connectivity index (χ1v) is 6.25. The van der Waals surface area contributed by atoms with Gasteiger partial charge in [0.1, 0.15) is 5.82 Å². The van der Waals surface area contributed by atoms with Crippen molar-refractivity contribution in [2.24, 2.45) is 0 Å². The van der Waals surface area contributed by atoms with Crippen LogP contribution in [0.25, 0.3) is 0 Å². The Kier molecular flexibility index (Phi) is 4.23. The average Bonchev–Trinajstić information content (AvgIpc) is 2.35. The third kappa shape index (κ3) is 2.83. The van der Waals surface area contributed by atoms with E-state index in [1.165, 1.54) is 12.1 Å². The van der Waals surface area contributed by atoms with Gasteiger partial charge in [0, 0.05) is 10.0 Å². The molecule has 0 aliphatic heterocycles. The second-order valence-corrected chi connectivity index (χ2v) is 4.78. The lowest BCUT2D eigenvalue weighted by atomic mass is 9.99. The van der Waals surface area contributed by atoms with E-state index in [0.29, 0.717) is 10.0 Å². The Morgan fingerprint density at radius 3 is 2.28 bits per heavy atom. The van der Waals surface area contributed by atoms with E-state index in [2.05, 4.69) is 5.32 Å². The van der Waals surface area contributed by atoms with Crippen molar-refractivity contribution in [3.8, 4) is 0 Å². The molecule has 1 nitrogen and oxygen atoms in total. The van der Waals surface area contributed by atoms with E-state index in [0.717, 1.165) is 11.1 Å². The summed E-state index contributed by atoms with van der Waals surface area (Å²) in [5.41, 5.74) is 1.86. The molecule has 0 saturated heterocycles.